The molecule has 112 valence electrons. The van der Waals surface area contributed by atoms with Gasteiger partial charge in [-0.25, -0.2) is 0 Å². The van der Waals surface area contributed by atoms with Crippen LogP contribution in [0.4, 0.5) is 0 Å². The first-order valence-corrected chi connectivity index (χ1v) is 9.11. The largest absolute Gasteiger partial charge is 0.339 e. The Hall–Kier alpha value is -0.550. The quantitative estimate of drug-likeness (QED) is 0.867. The highest BCUT2D eigenvalue weighted by molar-refractivity contribution is 7.99. The van der Waals surface area contributed by atoms with E-state index >= 15 is 0 Å². The maximum Gasteiger partial charge on any atom is 0.226 e. The second-order valence-electron chi connectivity index (χ2n) is 6.34. The van der Waals surface area contributed by atoms with Crippen molar-refractivity contribution in [1.82, 2.24) is 10.1 Å². The molecule has 0 atom stereocenters. The van der Waals surface area contributed by atoms with E-state index in [2.05, 4.69) is 21.9 Å². The van der Waals surface area contributed by atoms with Crippen LogP contribution in [0.15, 0.2) is 4.52 Å². The molecule has 0 aromatic carbocycles. The molecule has 1 aromatic heterocycles. The predicted octanol–water partition coefficient (Wildman–Crippen LogP) is 3.26. The zero-order valence-electron chi connectivity index (χ0n) is 12.1. The fourth-order valence-electron chi connectivity index (χ4n) is 3.32. The summed E-state index contributed by atoms with van der Waals surface area (Å²) >= 11 is 2.05. The Balaban J connectivity index is 1.65. The van der Waals surface area contributed by atoms with Crippen LogP contribution in [-0.4, -0.2) is 21.6 Å². The van der Waals surface area contributed by atoms with Gasteiger partial charge in [-0.15, -0.1) is 0 Å². The van der Waals surface area contributed by atoms with Crippen LogP contribution in [-0.2, 0) is 12.0 Å². The second kappa shape index (κ2) is 6.48. The van der Waals surface area contributed by atoms with Crippen molar-refractivity contribution in [3.8, 4) is 0 Å². The first-order chi connectivity index (χ1) is 9.76. The molecule has 4 nitrogen and oxygen atoms in total. The summed E-state index contributed by atoms with van der Waals surface area (Å²) in [7, 11) is 0. The van der Waals surface area contributed by atoms with Gasteiger partial charge in [-0.05, 0) is 43.1 Å². The third-order valence-electron chi connectivity index (χ3n) is 4.71. The van der Waals surface area contributed by atoms with E-state index in [9.17, 15) is 0 Å². The summed E-state index contributed by atoms with van der Waals surface area (Å²) in [5.41, 5.74) is 6.19. The van der Waals surface area contributed by atoms with Gasteiger partial charge in [-0.1, -0.05) is 30.8 Å². The SMILES string of the molecule is NC1(c2noc(CC3CCSCC3)n2)CCCCCC1. The molecule has 3 rings (SSSR count). The van der Waals surface area contributed by atoms with Crippen molar-refractivity contribution < 1.29 is 4.52 Å². The molecule has 1 aliphatic heterocycles. The van der Waals surface area contributed by atoms with Crippen LogP contribution in [0, 0.1) is 5.92 Å². The summed E-state index contributed by atoms with van der Waals surface area (Å²) < 4.78 is 5.48. The second-order valence-corrected chi connectivity index (χ2v) is 7.57. The molecule has 1 saturated carbocycles. The molecular formula is C15H25N3OS. The minimum Gasteiger partial charge on any atom is -0.339 e. The number of rotatable bonds is 3. The normalized spacial score (nSPS) is 24.4. The number of thioether (sulfide) groups is 1. The summed E-state index contributed by atoms with van der Waals surface area (Å²) in [6, 6.07) is 0. The Morgan fingerprint density at radius 2 is 1.85 bits per heavy atom. The van der Waals surface area contributed by atoms with E-state index in [1.165, 1.54) is 50.0 Å². The molecule has 2 fully saturated rings. The van der Waals surface area contributed by atoms with Crippen LogP contribution in [0.2, 0.25) is 0 Å². The first-order valence-electron chi connectivity index (χ1n) is 7.96. The average Bonchev–Trinajstić information content (AvgIpc) is 2.82. The van der Waals surface area contributed by atoms with Gasteiger partial charge in [0.1, 0.15) is 0 Å². The first kappa shape index (κ1) is 14.4. The van der Waals surface area contributed by atoms with E-state index in [4.69, 9.17) is 10.3 Å². The molecule has 0 unspecified atom stereocenters. The van der Waals surface area contributed by atoms with Gasteiger partial charge >= 0.3 is 0 Å². The number of aromatic nitrogens is 2. The third-order valence-corrected chi connectivity index (χ3v) is 5.76. The molecule has 0 radical (unpaired) electrons. The molecule has 1 saturated heterocycles. The molecule has 1 aliphatic carbocycles. The summed E-state index contributed by atoms with van der Waals surface area (Å²) in [6.07, 6.45) is 10.4. The number of nitrogens with two attached hydrogens (primary N) is 1. The summed E-state index contributed by atoms with van der Waals surface area (Å²) in [4.78, 5) is 4.63. The van der Waals surface area contributed by atoms with Gasteiger partial charge in [0.15, 0.2) is 5.82 Å². The highest BCUT2D eigenvalue weighted by Gasteiger charge is 2.33. The van der Waals surface area contributed by atoms with Crippen LogP contribution in [0.5, 0.6) is 0 Å². The van der Waals surface area contributed by atoms with Crippen LogP contribution >= 0.6 is 11.8 Å². The summed E-state index contributed by atoms with van der Waals surface area (Å²) in [5.74, 6) is 4.80. The highest BCUT2D eigenvalue weighted by Crippen LogP contribution is 2.32. The van der Waals surface area contributed by atoms with Gasteiger partial charge in [0, 0.05) is 6.42 Å². The van der Waals surface area contributed by atoms with Crippen molar-refractivity contribution in [3.63, 3.8) is 0 Å². The van der Waals surface area contributed by atoms with E-state index in [0.29, 0.717) is 5.92 Å². The van der Waals surface area contributed by atoms with Gasteiger partial charge in [0.25, 0.3) is 0 Å². The van der Waals surface area contributed by atoms with Crippen molar-refractivity contribution in [2.24, 2.45) is 11.7 Å². The smallest absolute Gasteiger partial charge is 0.226 e. The van der Waals surface area contributed by atoms with Gasteiger partial charge in [-0.2, -0.15) is 16.7 Å². The predicted molar refractivity (Wildman–Crippen MR) is 81.6 cm³/mol. The number of hydrogen-bond donors (Lipinski definition) is 1. The van der Waals surface area contributed by atoms with Crippen molar-refractivity contribution in [2.75, 3.05) is 11.5 Å². The van der Waals surface area contributed by atoms with E-state index < -0.39 is 0 Å². The van der Waals surface area contributed by atoms with Crippen LogP contribution in [0.3, 0.4) is 0 Å². The lowest BCUT2D eigenvalue weighted by molar-refractivity contribution is 0.315. The summed E-state index contributed by atoms with van der Waals surface area (Å²) in [6.45, 7) is 0. The standard InChI is InChI=1S/C15H25N3OS/c16-15(7-3-1-2-4-8-15)14-17-13(19-18-14)11-12-5-9-20-10-6-12/h12H,1-11,16H2. The van der Waals surface area contributed by atoms with Crippen LogP contribution in [0.1, 0.15) is 63.1 Å². The molecular weight excluding hydrogens is 270 g/mol. The topological polar surface area (TPSA) is 64.9 Å². The molecule has 2 heterocycles. The van der Waals surface area contributed by atoms with Crippen molar-refractivity contribution in [1.29, 1.82) is 0 Å². The van der Waals surface area contributed by atoms with Crippen molar-refractivity contribution in [3.05, 3.63) is 11.7 Å². The lowest BCUT2D eigenvalue weighted by Crippen LogP contribution is -2.37. The summed E-state index contributed by atoms with van der Waals surface area (Å²) in [5, 5.41) is 4.20. The van der Waals surface area contributed by atoms with E-state index in [-0.39, 0.29) is 5.54 Å². The molecule has 0 bridgehead atoms. The van der Waals surface area contributed by atoms with Crippen LogP contribution < -0.4 is 5.73 Å². The van der Waals surface area contributed by atoms with Gasteiger partial charge < -0.3 is 10.3 Å². The monoisotopic (exact) mass is 295 g/mol. The highest BCUT2D eigenvalue weighted by atomic mass is 32.2. The van der Waals surface area contributed by atoms with Crippen molar-refractivity contribution >= 4 is 11.8 Å². The van der Waals surface area contributed by atoms with Gasteiger partial charge in [0.2, 0.25) is 5.89 Å². The third kappa shape index (κ3) is 3.37. The number of hydrogen-bond acceptors (Lipinski definition) is 5. The molecule has 0 amide bonds. The zero-order valence-corrected chi connectivity index (χ0v) is 13.0. The molecule has 2 N–H and O–H groups in total. The molecule has 2 aliphatic rings. The van der Waals surface area contributed by atoms with Crippen molar-refractivity contribution in [2.45, 2.75) is 63.3 Å². The fourth-order valence-corrected chi connectivity index (χ4v) is 4.52. The fraction of sp³-hybridized carbons (Fsp3) is 0.867. The Labute approximate surface area is 125 Å². The van der Waals surface area contributed by atoms with E-state index in [1.54, 1.807) is 0 Å². The minimum absolute atomic E-state index is 0.347. The molecule has 5 heteroatoms. The van der Waals surface area contributed by atoms with E-state index in [0.717, 1.165) is 31.0 Å². The van der Waals surface area contributed by atoms with Crippen LogP contribution in [0.25, 0.3) is 0 Å². The Morgan fingerprint density at radius 1 is 1.15 bits per heavy atom. The van der Waals surface area contributed by atoms with Gasteiger partial charge in [-0.3, -0.25) is 0 Å². The van der Waals surface area contributed by atoms with Gasteiger partial charge in [0.05, 0.1) is 5.54 Å². The lowest BCUT2D eigenvalue weighted by atomic mass is 9.91. The Bertz CT molecular complexity index is 421. The Kier molecular flexibility index (Phi) is 4.66. The Morgan fingerprint density at radius 3 is 2.55 bits per heavy atom. The minimum atomic E-state index is -0.347. The molecule has 1 aromatic rings. The maximum atomic E-state index is 6.54. The maximum absolute atomic E-state index is 6.54. The van der Waals surface area contributed by atoms with E-state index in [1.807, 2.05) is 0 Å². The zero-order chi connectivity index (χ0) is 13.8. The average molecular weight is 295 g/mol. The lowest BCUT2D eigenvalue weighted by Gasteiger charge is -2.23. The molecule has 0 spiro atoms. The number of nitrogens with zero attached hydrogens (tertiary/aromatic N) is 2. The molecule has 20 heavy (non-hydrogen) atoms.